The van der Waals surface area contributed by atoms with Gasteiger partial charge in [-0.3, -0.25) is 14.9 Å². The van der Waals surface area contributed by atoms with Crippen LogP contribution in [-0.4, -0.2) is 22.7 Å². The van der Waals surface area contributed by atoms with Gasteiger partial charge in [0, 0.05) is 6.07 Å². The van der Waals surface area contributed by atoms with Gasteiger partial charge in [0.05, 0.1) is 10.5 Å². The summed E-state index contributed by atoms with van der Waals surface area (Å²) in [6, 6.07) is 5.83. The summed E-state index contributed by atoms with van der Waals surface area (Å²) in [5.41, 5.74) is 0.105. The van der Waals surface area contributed by atoms with Crippen molar-refractivity contribution < 1.29 is 24.7 Å². The Morgan fingerprint density at radius 1 is 1.44 bits per heavy atom. The molecule has 0 heterocycles. The summed E-state index contributed by atoms with van der Waals surface area (Å²) in [7, 11) is 0. The van der Waals surface area contributed by atoms with Crippen LogP contribution in [0.3, 0.4) is 0 Å². The van der Waals surface area contributed by atoms with Crippen LogP contribution in [0, 0.1) is 10.1 Å². The Morgan fingerprint density at radius 3 is 2.62 bits per heavy atom. The lowest BCUT2D eigenvalue weighted by atomic mass is 10.2. The van der Waals surface area contributed by atoms with E-state index in [2.05, 4.69) is 4.74 Å². The van der Waals surface area contributed by atoms with Gasteiger partial charge in [0.1, 0.15) is 6.61 Å². The molecule has 0 fully saturated rings. The van der Waals surface area contributed by atoms with Crippen molar-refractivity contribution in [3.05, 3.63) is 39.9 Å². The number of ether oxygens (including phenoxy) is 1. The molecule has 0 amide bonds. The maximum atomic E-state index is 10.5. The van der Waals surface area contributed by atoms with Gasteiger partial charge in [0.15, 0.2) is 0 Å². The van der Waals surface area contributed by atoms with E-state index >= 15 is 0 Å². The van der Waals surface area contributed by atoms with E-state index in [1.54, 1.807) is 6.07 Å². The number of nitro benzene ring substituents is 1. The average molecular weight is 227 g/mol. The van der Waals surface area contributed by atoms with E-state index < -0.39 is 10.9 Å². The summed E-state index contributed by atoms with van der Waals surface area (Å²) >= 11 is 0. The van der Waals surface area contributed by atoms with Gasteiger partial charge >= 0.3 is 5.97 Å². The van der Waals surface area contributed by atoms with Gasteiger partial charge in [-0.15, -0.1) is 0 Å². The summed E-state index contributed by atoms with van der Waals surface area (Å²) in [4.78, 5) is 30.4. The highest BCUT2D eigenvalue weighted by atomic mass is 16.6. The fourth-order valence-corrected chi connectivity index (χ4v) is 0.994. The molecule has 1 aromatic carbocycles. The van der Waals surface area contributed by atoms with Crippen LogP contribution < -0.4 is 0 Å². The molecule has 0 bridgehead atoms. The van der Waals surface area contributed by atoms with E-state index in [-0.39, 0.29) is 29.6 Å². The number of benzene rings is 1. The van der Waals surface area contributed by atoms with Crippen LogP contribution in [0.4, 0.5) is 5.69 Å². The van der Waals surface area contributed by atoms with Gasteiger partial charge in [-0.25, -0.2) is 4.79 Å². The van der Waals surface area contributed by atoms with Crippen LogP contribution in [0.25, 0.3) is 0 Å². The molecule has 0 saturated heterocycles. The summed E-state index contributed by atoms with van der Waals surface area (Å²) < 4.78 is 4.46. The van der Waals surface area contributed by atoms with Crippen molar-refractivity contribution in [1.82, 2.24) is 0 Å². The van der Waals surface area contributed by atoms with Gasteiger partial charge in [-0.1, -0.05) is 12.1 Å². The summed E-state index contributed by atoms with van der Waals surface area (Å²) in [5.74, 6) is -1.05. The highest BCUT2D eigenvalue weighted by molar-refractivity contribution is 6.20. The van der Waals surface area contributed by atoms with E-state index in [4.69, 9.17) is 0 Å². The third kappa shape index (κ3) is 3.46. The Labute approximate surface area is 90.1 Å². The number of carbonyl (C=O) groups excluding carboxylic acids is 2. The molecule has 2 N–H and O–H groups in total. The van der Waals surface area contributed by atoms with Crippen LogP contribution in [0.15, 0.2) is 24.3 Å². The zero-order valence-corrected chi connectivity index (χ0v) is 8.08. The fourth-order valence-electron chi connectivity index (χ4n) is 0.994. The first-order chi connectivity index (χ1) is 7.15. The number of nitrogens with zero attached hydrogens (tertiary/aromatic N) is 1. The smallest absolute Gasteiger partial charge is 0.371 e. The molecule has 7 nitrogen and oxygen atoms in total. The number of carbonyl (C=O) groups is 2. The van der Waals surface area contributed by atoms with Crippen LogP contribution in [0.5, 0.6) is 0 Å². The SMILES string of the molecule is O.O=CC(=O)OCc1ccccc1[N+](=O)[O-]. The van der Waals surface area contributed by atoms with Crippen molar-refractivity contribution in [3.63, 3.8) is 0 Å². The first-order valence-corrected chi connectivity index (χ1v) is 3.99. The number of hydrogen-bond acceptors (Lipinski definition) is 5. The Morgan fingerprint density at radius 2 is 2.06 bits per heavy atom. The zero-order chi connectivity index (χ0) is 11.3. The molecule has 0 spiro atoms. The minimum atomic E-state index is -1.05. The maximum Gasteiger partial charge on any atom is 0.371 e. The highest BCUT2D eigenvalue weighted by Crippen LogP contribution is 2.18. The monoisotopic (exact) mass is 227 g/mol. The number of esters is 1. The summed E-state index contributed by atoms with van der Waals surface area (Å²) in [6.07, 6.45) is 0.00870. The van der Waals surface area contributed by atoms with Crippen molar-refractivity contribution in [1.29, 1.82) is 0 Å². The number of rotatable bonds is 4. The third-order valence-electron chi connectivity index (χ3n) is 1.65. The summed E-state index contributed by atoms with van der Waals surface area (Å²) in [6.45, 7) is -0.283. The summed E-state index contributed by atoms with van der Waals surface area (Å²) in [5, 5.41) is 10.5. The number of para-hydroxylation sites is 1. The second-order valence-electron chi connectivity index (χ2n) is 2.61. The number of aldehydes is 1. The molecular weight excluding hydrogens is 218 g/mol. The molecule has 86 valence electrons. The molecule has 1 aromatic rings. The second kappa shape index (κ2) is 6.25. The molecule has 0 saturated carbocycles. The third-order valence-corrected chi connectivity index (χ3v) is 1.65. The van der Waals surface area contributed by atoms with E-state index in [1.165, 1.54) is 18.2 Å². The van der Waals surface area contributed by atoms with Gasteiger partial charge in [0.25, 0.3) is 5.69 Å². The van der Waals surface area contributed by atoms with Gasteiger partial charge in [-0.2, -0.15) is 0 Å². The molecule has 0 aliphatic rings. The molecule has 0 atom stereocenters. The molecule has 1 rings (SSSR count). The van der Waals surface area contributed by atoms with Crippen molar-refractivity contribution in [3.8, 4) is 0 Å². The molecule has 16 heavy (non-hydrogen) atoms. The fraction of sp³-hybridized carbons (Fsp3) is 0.111. The molecule has 0 aliphatic heterocycles. The zero-order valence-electron chi connectivity index (χ0n) is 8.08. The standard InChI is InChI=1S/C9H7NO5.H2O/c11-5-9(12)15-6-7-3-1-2-4-8(7)10(13)14;/h1-5H,6H2;1H2. The lowest BCUT2D eigenvalue weighted by Crippen LogP contribution is -2.06. The van der Waals surface area contributed by atoms with Crippen LogP contribution in [0.2, 0.25) is 0 Å². The largest absolute Gasteiger partial charge is 0.455 e. The van der Waals surface area contributed by atoms with Gasteiger partial charge in [-0.05, 0) is 6.07 Å². The Balaban J connectivity index is 0.00000225. The van der Waals surface area contributed by atoms with Crippen molar-refractivity contribution in [2.45, 2.75) is 6.61 Å². The van der Waals surface area contributed by atoms with Crippen molar-refractivity contribution in [2.24, 2.45) is 0 Å². The molecule has 7 heteroatoms. The minimum Gasteiger partial charge on any atom is -0.455 e. The number of nitro groups is 1. The van der Waals surface area contributed by atoms with Crippen molar-refractivity contribution in [2.75, 3.05) is 0 Å². The molecule has 0 aliphatic carbocycles. The highest BCUT2D eigenvalue weighted by Gasteiger charge is 2.13. The average Bonchev–Trinajstić information content (AvgIpc) is 2.26. The van der Waals surface area contributed by atoms with Gasteiger partial charge in [0.2, 0.25) is 6.29 Å². The Hall–Kier alpha value is -2.28. The van der Waals surface area contributed by atoms with Crippen LogP contribution >= 0.6 is 0 Å². The van der Waals surface area contributed by atoms with E-state index in [9.17, 15) is 19.7 Å². The number of hydrogen-bond donors (Lipinski definition) is 0. The van der Waals surface area contributed by atoms with E-state index in [0.717, 1.165) is 0 Å². The lowest BCUT2D eigenvalue weighted by molar-refractivity contribution is -0.385. The minimum absolute atomic E-state index is 0. The first kappa shape index (κ1) is 13.7. The lowest BCUT2D eigenvalue weighted by Gasteiger charge is -2.01. The predicted molar refractivity (Wildman–Crippen MR) is 52.6 cm³/mol. The molecule has 0 radical (unpaired) electrons. The molecule has 0 unspecified atom stereocenters. The second-order valence-corrected chi connectivity index (χ2v) is 2.61. The normalized spacial score (nSPS) is 8.75. The Bertz CT molecular complexity index is 403. The predicted octanol–water partition coefficient (Wildman–Crippen LogP) is 0.0122. The van der Waals surface area contributed by atoms with Crippen molar-refractivity contribution >= 4 is 17.9 Å². The topological polar surface area (TPSA) is 118 Å². The van der Waals surface area contributed by atoms with Crippen LogP contribution in [0.1, 0.15) is 5.56 Å². The Kier molecular flexibility index (Phi) is 5.36. The van der Waals surface area contributed by atoms with Gasteiger partial charge < -0.3 is 10.2 Å². The molecule has 0 aromatic heterocycles. The molecular formula is C9H9NO6. The van der Waals surface area contributed by atoms with Crippen LogP contribution in [-0.2, 0) is 20.9 Å². The van der Waals surface area contributed by atoms with E-state index in [1.807, 2.05) is 0 Å². The maximum absolute atomic E-state index is 10.5. The van der Waals surface area contributed by atoms with E-state index in [0.29, 0.717) is 0 Å². The quantitative estimate of drug-likeness (QED) is 0.236. The first-order valence-electron chi connectivity index (χ1n) is 3.99.